The summed E-state index contributed by atoms with van der Waals surface area (Å²) in [6, 6.07) is 9.17. The zero-order valence-corrected chi connectivity index (χ0v) is 23.4. The van der Waals surface area contributed by atoms with Crippen molar-refractivity contribution in [2.24, 2.45) is 4.99 Å². The van der Waals surface area contributed by atoms with Crippen molar-refractivity contribution in [3.8, 4) is 23.0 Å². The average Bonchev–Trinajstić information content (AvgIpc) is 3.25. The second-order valence-electron chi connectivity index (χ2n) is 8.65. The average molecular weight is 567 g/mol. The summed E-state index contributed by atoms with van der Waals surface area (Å²) in [5, 5.41) is 9.95. The summed E-state index contributed by atoms with van der Waals surface area (Å²) in [5.74, 6) is 0.584. The molecule has 2 aromatic carbocycles. The molecule has 1 N–H and O–H groups in total. The van der Waals surface area contributed by atoms with Crippen LogP contribution in [0, 0.1) is 0 Å². The SMILES string of the molecule is C=CCOc1ccc(C2C(C(=O)OCCOC)=C(C)N=c3sc(=Cc4ccc(O)c(OC)c4)c(=O)n32)cc1OC. The van der Waals surface area contributed by atoms with Gasteiger partial charge in [0.1, 0.15) is 13.2 Å². The molecule has 210 valence electrons. The van der Waals surface area contributed by atoms with E-state index in [2.05, 4.69) is 11.6 Å². The van der Waals surface area contributed by atoms with Crippen molar-refractivity contribution in [1.29, 1.82) is 0 Å². The lowest BCUT2D eigenvalue weighted by molar-refractivity contribution is -0.140. The van der Waals surface area contributed by atoms with Gasteiger partial charge in [0.15, 0.2) is 27.8 Å². The minimum absolute atomic E-state index is 0.0113. The summed E-state index contributed by atoms with van der Waals surface area (Å²) in [7, 11) is 4.47. The number of benzene rings is 2. The summed E-state index contributed by atoms with van der Waals surface area (Å²) >= 11 is 1.19. The monoisotopic (exact) mass is 566 g/mol. The van der Waals surface area contributed by atoms with Crippen LogP contribution in [-0.2, 0) is 14.3 Å². The van der Waals surface area contributed by atoms with Crippen LogP contribution in [0.2, 0.25) is 0 Å². The predicted octanol–water partition coefficient (Wildman–Crippen LogP) is 2.71. The topological polar surface area (TPSA) is 118 Å². The van der Waals surface area contributed by atoms with Crippen LogP contribution in [0.25, 0.3) is 6.08 Å². The van der Waals surface area contributed by atoms with E-state index in [1.165, 1.54) is 43.3 Å². The van der Waals surface area contributed by atoms with Crippen LogP contribution < -0.4 is 29.1 Å². The van der Waals surface area contributed by atoms with Crippen molar-refractivity contribution in [2.75, 3.05) is 41.2 Å². The molecule has 0 amide bonds. The number of esters is 1. The Morgan fingerprint density at radius 2 is 1.88 bits per heavy atom. The molecule has 1 aliphatic heterocycles. The van der Waals surface area contributed by atoms with Crippen molar-refractivity contribution < 1.29 is 33.6 Å². The highest BCUT2D eigenvalue weighted by Gasteiger charge is 2.34. The van der Waals surface area contributed by atoms with Crippen molar-refractivity contribution in [3.63, 3.8) is 0 Å². The van der Waals surface area contributed by atoms with Crippen molar-refractivity contribution in [1.82, 2.24) is 4.57 Å². The van der Waals surface area contributed by atoms with E-state index < -0.39 is 12.0 Å². The second-order valence-corrected chi connectivity index (χ2v) is 9.66. The van der Waals surface area contributed by atoms with E-state index >= 15 is 0 Å². The molecule has 1 aliphatic rings. The Morgan fingerprint density at radius 1 is 1.10 bits per heavy atom. The standard InChI is InChI=1S/C29H30N2O8S/c1-6-11-38-21-10-8-19(16-23(21)37-5)26-25(28(34)39-13-12-35-3)17(2)30-29-31(26)27(33)24(40-29)15-18-7-9-20(32)22(14-18)36-4/h6-10,14-16,26,32H,1,11-13H2,2-5H3. The summed E-state index contributed by atoms with van der Waals surface area (Å²) in [6.07, 6.45) is 3.31. The molecule has 0 radical (unpaired) electrons. The van der Waals surface area contributed by atoms with Gasteiger partial charge in [-0.2, -0.15) is 0 Å². The number of methoxy groups -OCH3 is 3. The maximum atomic E-state index is 13.9. The van der Waals surface area contributed by atoms with Gasteiger partial charge in [-0.05, 0) is 48.4 Å². The second kappa shape index (κ2) is 12.7. The van der Waals surface area contributed by atoms with E-state index in [0.717, 1.165) is 0 Å². The molecule has 40 heavy (non-hydrogen) atoms. The summed E-state index contributed by atoms with van der Waals surface area (Å²) in [5.41, 5.74) is 1.56. The fourth-order valence-corrected chi connectivity index (χ4v) is 5.30. The minimum atomic E-state index is -0.842. The van der Waals surface area contributed by atoms with E-state index in [4.69, 9.17) is 23.7 Å². The zero-order valence-electron chi connectivity index (χ0n) is 22.6. The number of thiazole rings is 1. The smallest absolute Gasteiger partial charge is 0.338 e. The quantitative estimate of drug-likeness (QED) is 0.214. The van der Waals surface area contributed by atoms with Gasteiger partial charge in [0, 0.05) is 7.11 Å². The Morgan fingerprint density at radius 3 is 2.58 bits per heavy atom. The van der Waals surface area contributed by atoms with Crippen LogP contribution in [-0.4, -0.2) is 56.8 Å². The number of fused-ring (bicyclic) bond motifs is 1. The van der Waals surface area contributed by atoms with Crippen molar-refractivity contribution in [2.45, 2.75) is 13.0 Å². The number of ether oxygens (including phenoxy) is 5. The molecule has 0 saturated carbocycles. The van der Waals surface area contributed by atoms with Gasteiger partial charge < -0.3 is 28.8 Å². The molecule has 10 nitrogen and oxygen atoms in total. The minimum Gasteiger partial charge on any atom is -0.504 e. The number of hydrogen-bond acceptors (Lipinski definition) is 10. The molecule has 1 unspecified atom stereocenters. The Kier molecular flexibility index (Phi) is 9.08. The third-order valence-corrected chi connectivity index (χ3v) is 7.11. The lowest BCUT2D eigenvalue weighted by Gasteiger charge is -2.25. The maximum Gasteiger partial charge on any atom is 0.338 e. The Balaban J connectivity index is 1.90. The van der Waals surface area contributed by atoms with Crippen LogP contribution >= 0.6 is 11.3 Å². The van der Waals surface area contributed by atoms with Crippen LogP contribution in [0.3, 0.4) is 0 Å². The first-order chi connectivity index (χ1) is 19.3. The lowest BCUT2D eigenvalue weighted by Crippen LogP contribution is -2.40. The number of aromatic nitrogens is 1. The molecule has 3 aromatic rings. The fourth-order valence-electron chi connectivity index (χ4n) is 4.25. The molecular weight excluding hydrogens is 536 g/mol. The number of nitrogens with zero attached hydrogens (tertiary/aromatic N) is 2. The fraction of sp³-hybridized carbons (Fsp3) is 0.276. The number of rotatable bonds is 11. The molecule has 0 bridgehead atoms. The lowest BCUT2D eigenvalue weighted by atomic mass is 9.95. The molecular formula is C29H30N2O8S. The van der Waals surface area contributed by atoms with E-state index in [9.17, 15) is 14.7 Å². The maximum absolute atomic E-state index is 13.9. The Bertz CT molecular complexity index is 1640. The predicted molar refractivity (Wildman–Crippen MR) is 150 cm³/mol. The summed E-state index contributed by atoms with van der Waals surface area (Å²) in [4.78, 5) is 32.2. The van der Waals surface area contributed by atoms with Crippen LogP contribution in [0.15, 0.2) is 70.1 Å². The number of carbonyl (C=O) groups excluding carboxylic acids is 1. The number of aromatic hydroxyl groups is 1. The summed E-state index contributed by atoms with van der Waals surface area (Å²) in [6.45, 7) is 5.93. The number of carbonyl (C=O) groups is 1. The summed E-state index contributed by atoms with van der Waals surface area (Å²) < 4.78 is 28.8. The number of allylic oxidation sites excluding steroid dienone is 1. The molecule has 0 spiro atoms. The highest BCUT2D eigenvalue weighted by Crippen LogP contribution is 2.36. The first kappa shape index (κ1) is 28.7. The highest BCUT2D eigenvalue weighted by molar-refractivity contribution is 7.07. The third-order valence-electron chi connectivity index (χ3n) is 6.12. The molecule has 1 atom stereocenters. The molecule has 11 heteroatoms. The van der Waals surface area contributed by atoms with Crippen LogP contribution in [0.4, 0.5) is 0 Å². The van der Waals surface area contributed by atoms with Crippen molar-refractivity contribution in [3.05, 3.63) is 91.1 Å². The Hall–Kier alpha value is -4.35. The van der Waals surface area contributed by atoms with Crippen molar-refractivity contribution >= 4 is 23.4 Å². The van der Waals surface area contributed by atoms with Gasteiger partial charge in [0.25, 0.3) is 5.56 Å². The van der Waals surface area contributed by atoms with Crippen LogP contribution in [0.1, 0.15) is 24.1 Å². The number of phenolic OH excluding ortho intramolecular Hbond substituents is 1. The molecule has 0 fully saturated rings. The molecule has 0 aliphatic carbocycles. The molecule has 1 aromatic heterocycles. The van der Waals surface area contributed by atoms with Gasteiger partial charge in [-0.3, -0.25) is 9.36 Å². The first-order valence-electron chi connectivity index (χ1n) is 12.3. The van der Waals surface area contributed by atoms with E-state index in [0.29, 0.717) is 37.7 Å². The van der Waals surface area contributed by atoms with E-state index in [1.54, 1.807) is 49.4 Å². The number of hydrogen-bond donors (Lipinski definition) is 1. The molecule has 0 saturated heterocycles. The van der Waals surface area contributed by atoms with Gasteiger partial charge in [0.2, 0.25) is 0 Å². The highest BCUT2D eigenvalue weighted by atomic mass is 32.1. The normalized spacial score (nSPS) is 14.8. The van der Waals surface area contributed by atoms with Gasteiger partial charge in [-0.15, -0.1) is 0 Å². The largest absolute Gasteiger partial charge is 0.504 e. The number of phenols is 1. The first-order valence-corrected chi connectivity index (χ1v) is 13.1. The van der Waals surface area contributed by atoms with Crippen LogP contribution in [0.5, 0.6) is 23.0 Å². The molecule has 2 heterocycles. The third kappa shape index (κ3) is 5.80. The Labute approximate surface area is 234 Å². The van der Waals surface area contributed by atoms with Gasteiger partial charge in [0.05, 0.1) is 42.7 Å². The van der Waals surface area contributed by atoms with Gasteiger partial charge >= 0.3 is 5.97 Å². The van der Waals surface area contributed by atoms with Gasteiger partial charge in [-0.25, -0.2) is 9.79 Å². The van der Waals surface area contributed by atoms with Gasteiger partial charge in [-0.1, -0.05) is 36.1 Å². The molecule has 4 rings (SSSR count). The van der Waals surface area contributed by atoms with E-state index in [1.807, 2.05) is 0 Å². The zero-order chi connectivity index (χ0) is 28.8. The van der Waals surface area contributed by atoms with E-state index in [-0.39, 0.29) is 42.5 Å².